The van der Waals surface area contributed by atoms with Crippen LogP contribution in [0.2, 0.25) is 0 Å². The first kappa shape index (κ1) is 30.1. The third kappa shape index (κ3) is 26.9. The van der Waals surface area contributed by atoms with Gasteiger partial charge < -0.3 is 9.66 Å². The van der Waals surface area contributed by atoms with Gasteiger partial charge >= 0.3 is 29.6 Å². The van der Waals surface area contributed by atoms with Crippen molar-refractivity contribution in [3.8, 4) is 0 Å². The molecule has 0 radical (unpaired) electrons. The quantitative estimate of drug-likeness (QED) is 0.189. The molecule has 0 saturated heterocycles. The average Bonchev–Trinajstić information content (AvgIpc) is 2.58. The van der Waals surface area contributed by atoms with Gasteiger partial charge in [0.05, 0.1) is 16.2 Å². The third-order valence-electron chi connectivity index (χ3n) is 5.07. The molecule has 0 aliphatic rings. The molecule has 0 aliphatic heterocycles. The Hall–Kier alpha value is 0.870. The van der Waals surface area contributed by atoms with E-state index in [0.717, 1.165) is 38.5 Å². The Morgan fingerprint density at radius 2 is 1.00 bits per heavy atom. The van der Waals surface area contributed by atoms with Gasteiger partial charge in [-0.15, -0.1) is 0 Å². The molecule has 0 aromatic rings. The third-order valence-corrected chi connectivity index (χ3v) is 5.86. The predicted molar refractivity (Wildman–Crippen MR) is 109 cm³/mol. The van der Waals surface area contributed by atoms with Crippen molar-refractivity contribution >= 4 is 10.1 Å². The minimum absolute atomic E-state index is 0. The molecule has 1 unspecified atom stereocenters. The van der Waals surface area contributed by atoms with Crippen LogP contribution in [0.3, 0.4) is 0 Å². The zero-order valence-corrected chi connectivity index (χ0v) is 20.9. The maximum absolute atomic E-state index is 10.5. The molecule has 0 aliphatic carbocycles. The van der Waals surface area contributed by atoms with Crippen molar-refractivity contribution in [2.75, 3.05) is 5.75 Å². The smallest absolute Gasteiger partial charge is 0.748 e. The van der Waals surface area contributed by atoms with Crippen LogP contribution < -0.4 is 29.6 Å². The van der Waals surface area contributed by atoms with Crippen LogP contribution in [0.4, 0.5) is 0 Å². The maximum atomic E-state index is 10.5. The van der Waals surface area contributed by atoms with Crippen LogP contribution in [-0.4, -0.2) is 29.9 Å². The summed E-state index contributed by atoms with van der Waals surface area (Å²) in [6, 6.07) is 0. The minimum atomic E-state index is -4.02. The summed E-state index contributed by atoms with van der Waals surface area (Å²) in [7, 11) is -4.02. The summed E-state index contributed by atoms with van der Waals surface area (Å²) >= 11 is 0. The normalized spacial score (nSPS) is 12.7. The van der Waals surface area contributed by atoms with Gasteiger partial charge in [-0.1, -0.05) is 103 Å². The zero-order valence-electron chi connectivity index (χ0n) is 18.1. The van der Waals surface area contributed by atoms with E-state index in [9.17, 15) is 18.1 Å². The first-order valence-electron chi connectivity index (χ1n) is 11.1. The van der Waals surface area contributed by atoms with Gasteiger partial charge in [-0.05, 0) is 19.3 Å². The van der Waals surface area contributed by atoms with Gasteiger partial charge in [0.2, 0.25) is 0 Å². The summed E-state index contributed by atoms with van der Waals surface area (Å²) in [5.41, 5.74) is 0. The average molecular weight is 415 g/mol. The molecule has 1 atom stereocenters. The first-order valence-corrected chi connectivity index (χ1v) is 12.6. The number of rotatable bonds is 20. The van der Waals surface area contributed by atoms with Crippen molar-refractivity contribution in [1.29, 1.82) is 0 Å². The first-order chi connectivity index (χ1) is 12.5. The second-order valence-corrected chi connectivity index (χ2v) is 9.32. The van der Waals surface area contributed by atoms with Gasteiger partial charge in [-0.2, -0.15) is 0 Å². The second kappa shape index (κ2) is 21.6. The fraction of sp³-hybridized carbons (Fsp3) is 1.00. The Labute approximate surface area is 191 Å². The van der Waals surface area contributed by atoms with Gasteiger partial charge in [0.15, 0.2) is 0 Å². The standard InChI is InChI=1S/C21H44O4S.Na/c1-2-3-4-12-15-18-21(22)19-16-13-10-8-6-5-7-9-11-14-17-20-26(23,24)25;/h21-22H,2-20H2,1H3,(H,23,24,25);/q;+1/p-1. The fourth-order valence-corrected chi connectivity index (χ4v) is 3.94. The Morgan fingerprint density at radius 1 is 0.667 bits per heavy atom. The summed E-state index contributed by atoms with van der Waals surface area (Å²) in [5.74, 6) is -0.208. The molecule has 0 saturated carbocycles. The molecule has 158 valence electrons. The van der Waals surface area contributed by atoms with Crippen molar-refractivity contribution in [3.63, 3.8) is 0 Å². The van der Waals surface area contributed by atoms with E-state index >= 15 is 0 Å². The summed E-state index contributed by atoms with van der Waals surface area (Å²) in [4.78, 5) is 0. The fourth-order valence-electron chi connectivity index (χ4n) is 3.38. The van der Waals surface area contributed by atoms with Crippen LogP contribution in [0.25, 0.3) is 0 Å². The van der Waals surface area contributed by atoms with E-state index in [-0.39, 0.29) is 41.4 Å². The van der Waals surface area contributed by atoms with Gasteiger partial charge in [-0.25, -0.2) is 8.42 Å². The Balaban J connectivity index is 0. The number of unbranched alkanes of at least 4 members (excludes halogenated alkanes) is 14. The molecular formula is C21H43NaO4S. The molecular weight excluding hydrogens is 371 g/mol. The molecule has 27 heavy (non-hydrogen) atoms. The summed E-state index contributed by atoms with van der Waals surface area (Å²) in [6.45, 7) is 2.23. The van der Waals surface area contributed by atoms with Crippen LogP contribution in [0, 0.1) is 0 Å². The number of hydrogen-bond acceptors (Lipinski definition) is 4. The van der Waals surface area contributed by atoms with E-state index in [1.165, 1.54) is 70.6 Å². The molecule has 4 nitrogen and oxygen atoms in total. The van der Waals surface area contributed by atoms with E-state index in [1.807, 2.05) is 0 Å². The molecule has 0 spiro atoms. The number of hydrogen-bond donors (Lipinski definition) is 1. The molecule has 0 fully saturated rings. The van der Waals surface area contributed by atoms with Crippen molar-refractivity contribution in [1.82, 2.24) is 0 Å². The predicted octanol–water partition coefficient (Wildman–Crippen LogP) is 2.94. The van der Waals surface area contributed by atoms with Gasteiger partial charge in [0.25, 0.3) is 0 Å². The number of aliphatic hydroxyl groups is 1. The maximum Gasteiger partial charge on any atom is 1.00 e. The van der Waals surface area contributed by atoms with E-state index in [1.54, 1.807) is 0 Å². The van der Waals surface area contributed by atoms with Crippen molar-refractivity contribution in [2.45, 2.75) is 129 Å². The molecule has 0 heterocycles. The minimum Gasteiger partial charge on any atom is -0.748 e. The molecule has 0 amide bonds. The zero-order chi connectivity index (χ0) is 19.5. The SMILES string of the molecule is CCCCCCCC(O)CCCCCCCCCCCCCS(=O)(=O)[O-].[Na+]. The van der Waals surface area contributed by atoms with Crippen molar-refractivity contribution in [3.05, 3.63) is 0 Å². The van der Waals surface area contributed by atoms with E-state index in [2.05, 4.69) is 6.92 Å². The van der Waals surface area contributed by atoms with E-state index in [4.69, 9.17) is 0 Å². The molecule has 0 aromatic heterocycles. The molecule has 1 N–H and O–H groups in total. The summed E-state index contributed by atoms with van der Waals surface area (Å²) in [5, 5.41) is 9.96. The monoisotopic (exact) mass is 414 g/mol. The molecule has 0 bridgehead atoms. The van der Waals surface area contributed by atoms with Crippen LogP contribution in [0.15, 0.2) is 0 Å². The van der Waals surface area contributed by atoms with Crippen LogP contribution in [0.1, 0.15) is 122 Å². The largest absolute Gasteiger partial charge is 1.00 e. The van der Waals surface area contributed by atoms with Gasteiger partial charge in [0, 0.05) is 5.75 Å². The van der Waals surface area contributed by atoms with Crippen LogP contribution in [0.5, 0.6) is 0 Å². The summed E-state index contributed by atoms with van der Waals surface area (Å²) in [6.07, 6.45) is 20.4. The molecule has 6 heteroatoms. The Kier molecular flexibility index (Phi) is 24.0. The van der Waals surface area contributed by atoms with Gasteiger partial charge in [0.1, 0.15) is 0 Å². The molecule has 0 aromatic carbocycles. The Bertz CT molecular complexity index is 388. The van der Waals surface area contributed by atoms with Crippen molar-refractivity contribution in [2.24, 2.45) is 0 Å². The van der Waals surface area contributed by atoms with Crippen molar-refractivity contribution < 1.29 is 47.6 Å². The van der Waals surface area contributed by atoms with Crippen LogP contribution >= 0.6 is 0 Å². The van der Waals surface area contributed by atoms with Gasteiger partial charge in [-0.3, -0.25) is 0 Å². The van der Waals surface area contributed by atoms with Crippen LogP contribution in [-0.2, 0) is 10.1 Å². The summed E-state index contributed by atoms with van der Waals surface area (Å²) < 4.78 is 31.4. The second-order valence-electron chi connectivity index (χ2n) is 7.80. The Morgan fingerprint density at radius 3 is 1.37 bits per heavy atom. The topological polar surface area (TPSA) is 77.4 Å². The number of aliphatic hydroxyl groups excluding tert-OH is 1. The van der Waals surface area contributed by atoms with E-state index < -0.39 is 10.1 Å². The molecule has 0 rings (SSSR count). The van der Waals surface area contributed by atoms with E-state index in [0.29, 0.717) is 6.42 Å².